The van der Waals surface area contributed by atoms with Crippen LogP contribution in [0.3, 0.4) is 0 Å². The summed E-state index contributed by atoms with van der Waals surface area (Å²) < 4.78 is 0. The maximum Gasteiger partial charge on any atom is 0.264 e. The summed E-state index contributed by atoms with van der Waals surface area (Å²) in [5.74, 6) is -0.859. The first-order valence-corrected chi connectivity index (χ1v) is 9.64. The molecule has 0 unspecified atom stereocenters. The number of primary amides is 1. The molecular weight excluding hydrogens is 364 g/mol. The first-order valence-electron chi connectivity index (χ1n) is 9.64. The lowest BCUT2D eigenvalue weighted by Crippen LogP contribution is -2.37. The number of nitriles is 1. The van der Waals surface area contributed by atoms with Crippen LogP contribution in [0.25, 0.3) is 0 Å². The second kappa shape index (κ2) is 9.56. The van der Waals surface area contributed by atoms with Crippen molar-refractivity contribution >= 4 is 11.8 Å². The Balaban J connectivity index is 1.76. The molecule has 1 saturated heterocycles. The van der Waals surface area contributed by atoms with Gasteiger partial charge in [0.1, 0.15) is 11.6 Å². The number of carbonyl (C=O) groups excluding carboxylic acids is 2. The van der Waals surface area contributed by atoms with Crippen molar-refractivity contribution in [3.8, 4) is 6.07 Å². The van der Waals surface area contributed by atoms with Crippen molar-refractivity contribution in [1.29, 1.82) is 5.26 Å². The minimum atomic E-state index is -0.428. The third kappa shape index (κ3) is 5.23. The van der Waals surface area contributed by atoms with Gasteiger partial charge in [0.25, 0.3) is 5.91 Å². The molecule has 0 radical (unpaired) electrons. The summed E-state index contributed by atoms with van der Waals surface area (Å²) in [6.45, 7) is 1.18. The van der Waals surface area contributed by atoms with E-state index < -0.39 is 5.91 Å². The van der Waals surface area contributed by atoms with Crippen molar-refractivity contribution in [2.24, 2.45) is 11.7 Å². The number of nitrogens with zero attached hydrogens (tertiary/aromatic N) is 2. The molecule has 3 N–H and O–H groups in total. The summed E-state index contributed by atoms with van der Waals surface area (Å²) in [5, 5.41) is 12.5. The quantitative estimate of drug-likeness (QED) is 0.587. The maximum absolute atomic E-state index is 12.9. The molecule has 1 aliphatic rings. The third-order valence-electron chi connectivity index (χ3n) is 5.15. The summed E-state index contributed by atoms with van der Waals surface area (Å²) in [6, 6.07) is 20.9. The molecule has 29 heavy (non-hydrogen) atoms. The summed E-state index contributed by atoms with van der Waals surface area (Å²) in [5.41, 5.74) is 7.28. The van der Waals surface area contributed by atoms with Crippen LogP contribution in [-0.2, 0) is 9.59 Å². The van der Waals surface area contributed by atoms with E-state index in [-0.39, 0.29) is 23.4 Å². The molecule has 1 aliphatic heterocycles. The Morgan fingerprint density at radius 1 is 1.03 bits per heavy atom. The molecule has 0 aromatic heterocycles. The molecule has 6 nitrogen and oxygen atoms in total. The highest BCUT2D eigenvalue weighted by molar-refractivity contribution is 5.97. The van der Waals surface area contributed by atoms with Crippen LogP contribution in [-0.4, -0.2) is 29.8 Å². The van der Waals surface area contributed by atoms with Gasteiger partial charge in [-0.05, 0) is 24.0 Å². The average Bonchev–Trinajstić information content (AvgIpc) is 2.77. The molecule has 0 saturated carbocycles. The number of amides is 2. The first kappa shape index (κ1) is 20.2. The van der Waals surface area contributed by atoms with Gasteiger partial charge >= 0.3 is 0 Å². The first-order chi connectivity index (χ1) is 14.1. The molecule has 0 bridgehead atoms. The molecule has 2 aromatic rings. The fourth-order valence-corrected chi connectivity index (χ4v) is 3.49. The number of rotatable bonds is 6. The van der Waals surface area contributed by atoms with Gasteiger partial charge in [-0.15, -0.1) is 0 Å². The standard InChI is InChI=1S/C23H24N4O2/c24-15-20(16-27-13-11-19(12-14-27)22(25)28)23(29)26-21(17-7-3-1-4-8-17)18-9-5-2-6-10-18/h1-10,16,19,21H,11-14H2,(H2,25,28)(H,26,29)/b20-16-. The Hall–Kier alpha value is -3.59. The summed E-state index contributed by atoms with van der Waals surface area (Å²) >= 11 is 0. The van der Waals surface area contributed by atoms with Crippen LogP contribution < -0.4 is 11.1 Å². The Morgan fingerprint density at radius 2 is 1.55 bits per heavy atom. The van der Waals surface area contributed by atoms with Crippen LogP contribution in [0.1, 0.15) is 30.0 Å². The van der Waals surface area contributed by atoms with Gasteiger partial charge in [0.05, 0.1) is 6.04 Å². The largest absolute Gasteiger partial charge is 0.376 e. The molecule has 1 fully saturated rings. The van der Waals surface area contributed by atoms with Gasteiger partial charge < -0.3 is 16.0 Å². The van der Waals surface area contributed by atoms with E-state index in [4.69, 9.17) is 5.73 Å². The molecular formula is C23H24N4O2. The van der Waals surface area contributed by atoms with Crippen LogP contribution >= 0.6 is 0 Å². The van der Waals surface area contributed by atoms with Gasteiger partial charge in [-0.3, -0.25) is 9.59 Å². The zero-order chi connectivity index (χ0) is 20.6. The van der Waals surface area contributed by atoms with Gasteiger partial charge in [-0.25, -0.2) is 0 Å². The second-order valence-electron chi connectivity index (χ2n) is 7.10. The normalized spacial score (nSPS) is 15.0. The van der Waals surface area contributed by atoms with Gasteiger partial charge in [0.2, 0.25) is 5.91 Å². The molecule has 2 amide bonds. The smallest absolute Gasteiger partial charge is 0.264 e. The minimum Gasteiger partial charge on any atom is -0.376 e. The summed E-state index contributed by atoms with van der Waals surface area (Å²) in [4.78, 5) is 26.1. The van der Waals surface area contributed by atoms with E-state index in [1.54, 1.807) is 6.20 Å². The van der Waals surface area contributed by atoms with E-state index in [2.05, 4.69) is 5.32 Å². The number of likely N-dealkylation sites (tertiary alicyclic amines) is 1. The van der Waals surface area contributed by atoms with Crippen molar-refractivity contribution < 1.29 is 9.59 Å². The van der Waals surface area contributed by atoms with E-state index in [1.807, 2.05) is 71.6 Å². The Kier molecular flexibility index (Phi) is 6.64. The number of hydrogen-bond acceptors (Lipinski definition) is 4. The number of hydrogen-bond donors (Lipinski definition) is 2. The molecule has 0 spiro atoms. The summed E-state index contributed by atoms with van der Waals surface area (Å²) in [7, 11) is 0. The van der Waals surface area contributed by atoms with Crippen LogP contribution in [0, 0.1) is 17.2 Å². The summed E-state index contributed by atoms with van der Waals surface area (Å²) in [6.07, 6.45) is 2.84. The van der Waals surface area contributed by atoms with Crippen LogP contribution in [0.5, 0.6) is 0 Å². The van der Waals surface area contributed by atoms with E-state index in [0.29, 0.717) is 25.9 Å². The van der Waals surface area contributed by atoms with Crippen molar-refractivity contribution in [3.05, 3.63) is 83.6 Å². The SMILES string of the molecule is N#C/C(=C/N1CCC(C(N)=O)CC1)C(=O)NC(c1ccccc1)c1ccccc1. The number of piperidine rings is 1. The average molecular weight is 388 g/mol. The minimum absolute atomic E-state index is 0.0411. The molecule has 6 heteroatoms. The van der Waals surface area contributed by atoms with Crippen molar-refractivity contribution in [2.45, 2.75) is 18.9 Å². The van der Waals surface area contributed by atoms with Gasteiger partial charge in [-0.2, -0.15) is 5.26 Å². The second-order valence-corrected chi connectivity index (χ2v) is 7.10. The molecule has 0 atom stereocenters. The molecule has 0 aliphatic carbocycles. The molecule has 1 heterocycles. The van der Waals surface area contributed by atoms with Crippen LogP contribution in [0.15, 0.2) is 72.4 Å². The zero-order valence-electron chi connectivity index (χ0n) is 16.1. The molecule has 3 rings (SSSR count). The lowest BCUT2D eigenvalue weighted by molar-refractivity contribution is -0.123. The van der Waals surface area contributed by atoms with Crippen molar-refractivity contribution in [3.63, 3.8) is 0 Å². The molecule has 148 valence electrons. The predicted octanol–water partition coefficient (Wildman–Crippen LogP) is 2.50. The predicted molar refractivity (Wildman–Crippen MR) is 110 cm³/mol. The van der Waals surface area contributed by atoms with Crippen LogP contribution in [0.2, 0.25) is 0 Å². The lowest BCUT2D eigenvalue weighted by atomic mass is 9.96. The monoisotopic (exact) mass is 388 g/mol. The highest BCUT2D eigenvalue weighted by Crippen LogP contribution is 2.23. The number of carbonyl (C=O) groups is 2. The topological polar surface area (TPSA) is 99.2 Å². The van der Waals surface area contributed by atoms with Crippen LogP contribution in [0.4, 0.5) is 0 Å². The van der Waals surface area contributed by atoms with Gasteiger partial charge in [-0.1, -0.05) is 60.7 Å². The van der Waals surface area contributed by atoms with E-state index in [1.165, 1.54) is 0 Å². The van der Waals surface area contributed by atoms with E-state index in [0.717, 1.165) is 11.1 Å². The zero-order valence-corrected chi connectivity index (χ0v) is 16.1. The fourth-order valence-electron chi connectivity index (χ4n) is 3.49. The Bertz CT molecular complexity index is 871. The number of nitrogens with two attached hydrogens (primary N) is 1. The van der Waals surface area contributed by atoms with Gasteiger partial charge in [0, 0.05) is 25.2 Å². The molecule has 2 aromatic carbocycles. The Morgan fingerprint density at radius 3 is 2.00 bits per heavy atom. The highest BCUT2D eigenvalue weighted by Gasteiger charge is 2.24. The number of benzene rings is 2. The van der Waals surface area contributed by atoms with E-state index >= 15 is 0 Å². The van der Waals surface area contributed by atoms with Crippen molar-refractivity contribution in [2.75, 3.05) is 13.1 Å². The highest BCUT2D eigenvalue weighted by atomic mass is 16.2. The number of nitrogens with one attached hydrogen (secondary N) is 1. The lowest BCUT2D eigenvalue weighted by Gasteiger charge is -2.29. The van der Waals surface area contributed by atoms with Crippen molar-refractivity contribution in [1.82, 2.24) is 10.2 Å². The third-order valence-corrected chi connectivity index (χ3v) is 5.15. The van der Waals surface area contributed by atoms with Gasteiger partial charge in [0.15, 0.2) is 0 Å². The maximum atomic E-state index is 12.9. The Labute approximate surface area is 170 Å². The van der Waals surface area contributed by atoms with E-state index in [9.17, 15) is 14.9 Å². The fraction of sp³-hybridized carbons (Fsp3) is 0.261.